The first kappa shape index (κ1) is 15.3. The molecule has 2 heterocycles. The van der Waals surface area contributed by atoms with Gasteiger partial charge in [0.1, 0.15) is 5.02 Å². The number of carbonyl (C=O) groups excluding carboxylic acids is 1. The lowest BCUT2D eigenvalue weighted by molar-refractivity contribution is -0.384. The fourth-order valence-corrected chi connectivity index (χ4v) is 2.66. The normalized spacial score (nSPS) is 15.7. The van der Waals surface area contributed by atoms with E-state index in [4.69, 9.17) is 16.3 Å². The zero-order valence-electron chi connectivity index (χ0n) is 11.6. The highest BCUT2D eigenvalue weighted by molar-refractivity contribution is 7.09. The van der Waals surface area contributed by atoms with Crippen molar-refractivity contribution in [1.29, 1.82) is 0 Å². The van der Waals surface area contributed by atoms with Gasteiger partial charge in [-0.05, 0) is 25.1 Å². The number of cyclic esters (lactones) is 1. The van der Waals surface area contributed by atoms with E-state index in [1.807, 2.05) is 6.92 Å². The van der Waals surface area contributed by atoms with Crippen molar-refractivity contribution in [2.45, 2.75) is 6.92 Å². The minimum Gasteiger partial charge on any atom is -0.402 e. The third-order valence-corrected chi connectivity index (χ3v) is 4.04. The van der Waals surface area contributed by atoms with Crippen molar-refractivity contribution in [3.63, 3.8) is 0 Å². The van der Waals surface area contributed by atoms with Crippen LogP contribution in [0.1, 0.15) is 16.3 Å². The molecular weight excluding hydrogens is 342 g/mol. The van der Waals surface area contributed by atoms with Gasteiger partial charge in [0.2, 0.25) is 5.90 Å². The number of rotatable bonds is 3. The lowest BCUT2D eigenvalue weighted by Crippen LogP contribution is -2.06. The topological polar surface area (TPSA) is 94.7 Å². The predicted octanol–water partition coefficient (Wildman–Crippen LogP) is 3.36. The third-order valence-electron chi connectivity index (χ3n) is 2.93. The van der Waals surface area contributed by atoms with Crippen molar-refractivity contribution in [3.8, 4) is 0 Å². The molecule has 116 valence electrons. The summed E-state index contributed by atoms with van der Waals surface area (Å²) in [5, 5.41) is 13.6. The molecule has 0 saturated heterocycles. The van der Waals surface area contributed by atoms with Crippen LogP contribution in [0, 0.1) is 17.0 Å². The smallest absolute Gasteiger partial charge is 0.363 e. The van der Waals surface area contributed by atoms with Crippen LogP contribution in [0.5, 0.6) is 0 Å². The van der Waals surface area contributed by atoms with Crippen LogP contribution in [-0.2, 0) is 9.53 Å². The highest BCUT2D eigenvalue weighted by Crippen LogP contribution is 2.27. The molecule has 0 aliphatic carbocycles. The molecule has 0 fully saturated rings. The molecule has 3 rings (SSSR count). The fourth-order valence-electron chi connectivity index (χ4n) is 1.90. The molecule has 0 N–H and O–H groups in total. The van der Waals surface area contributed by atoms with E-state index < -0.39 is 10.9 Å². The second-order valence-corrected chi connectivity index (χ2v) is 6.02. The summed E-state index contributed by atoms with van der Waals surface area (Å²) in [5.74, 6) is -0.642. The number of benzene rings is 1. The van der Waals surface area contributed by atoms with Crippen LogP contribution in [0.4, 0.5) is 5.69 Å². The van der Waals surface area contributed by atoms with Crippen molar-refractivity contribution in [1.82, 2.24) is 4.98 Å². The molecule has 0 atom stereocenters. The van der Waals surface area contributed by atoms with Gasteiger partial charge in [-0.25, -0.2) is 14.8 Å². The molecule has 9 heteroatoms. The van der Waals surface area contributed by atoms with E-state index in [0.29, 0.717) is 11.3 Å². The molecule has 0 radical (unpaired) electrons. The molecule has 1 aromatic heterocycles. The molecular formula is C14H8ClN3O4S. The molecule has 0 unspecified atom stereocenters. The van der Waals surface area contributed by atoms with E-state index in [9.17, 15) is 14.9 Å². The molecule has 1 aliphatic rings. The molecule has 1 aliphatic heterocycles. The van der Waals surface area contributed by atoms with Crippen molar-refractivity contribution in [3.05, 3.63) is 60.7 Å². The number of aryl methyl sites for hydroxylation is 1. The first-order chi connectivity index (χ1) is 10.9. The molecule has 23 heavy (non-hydrogen) atoms. The molecule has 7 nitrogen and oxygen atoms in total. The van der Waals surface area contributed by atoms with Crippen molar-refractivity contribution in [2.75, 3.05) is 0 Å². The van der Waals surface area contributed by atoms with E-state index in [2.05, 4.69) is 9.98 Å². The van der Waals surface area contributed by atoms with Gasteiger partial charge in [-0.1, -0.05) is 11.6 Å². The number of hydrogen-bond donors (Lipinski definition) is 0. The van der Waals surface area contributed by atoms with Gasteiger partial charge in [0.15, 0.2) is 5.70 Å². The Kier molecular flexibility index (Phi) is 3.93. The zero-order chi connectivity index (χ0) is 16.6. The molecule has 0 spiro atoms. The maximum atomic E-state index is 11.9. The maximum Gasteiger partial charge on any atom is 0.363 e. The average molecular weight is 350 g/mol. The Morgan fingerprint density at radius 1 is 1.43 bits per heavy atom. The summed E-state index contributed by atoms with van der Waals surface area (Å²) < 4.78 is 5.07. The Morgan fingerprint density at radius 2 is 2.22 bits per heavy atom. The highest BCUT2D eigenvalue weighted by atomic mass is 35.5. The highest BCUT2D eigenvalue weighted by Gasteiger charge is 2.26. The fraction of sp³-hybridized carbons (Fsp3) is 0.0714. The summed E-state index contributed by atoms with van der Waals surface area (Å²) in [4.78, 5) is 30.5. The molecule has 2 aromatic rings. The van der Waals surface area contributed by atoms with Crippen LogP contribution in [0.25, 0.3) is 6.08 Å². The number of esters is 1. The Hall–Kier alpha value is -2.58. The minimum atomic E-state index is -0.636. The third kappa shape index (κ3) is 3.13. The van der Waals surface area contributed by atoms with Crippen LogP contribution in [0.3, 0.4) is 0 Å². The first-order valence-corrected chi connectivity index (χ1v) is 7.59. The number of aliphatic imine (C=N–C) groups is 1. The Morgan fingerprint density at radius 3 is 2.87 bits per heavy atom. The number of hydrogen-bond acceptors (Lipinski definition) is 7. The Labute approximate surface area is 139 Å². The van der Waals surface area contributed by atoms with E-state index in [1.165, 1.54) is 35.6 Å². The van der Waals surface area contributed by atoms with E-state index in [0.717, 1.165) is 5.01 Å². The van der Waals surface area contributed by atoms with Crippen molar-refractivity contribution < 1.29 is 14.5 Å². The van der Waals surface area contributed by atoms with Gasteiger partial charge >= 0.3 is 5.97 Å². The first-order valence-electron chi connectivity index (χ1n) is 6.33. The van der Waals surface area contributed by atoms with Gasteiger partial charge in [-0.3, -0.25) is 10.1 Å². The Balaban J connectivity index is 1.97. The Bertz CT molecular complexity index is 888. The van der Waals surface area contributed by atoms with Crippen LogP contribution in [-0.4, -0.2) is 21.8 Å². The summed E-state index contributed by atoms with van der Waals surface area (Å²) in [6.07, 6.45) is 1.50. The monoisotopic (exact) mass is 349 g/mol. The number of thiazole rings is 1. The second-order valence-electron chi connectivity index (χ2n) is 4.55. The van der Waals surface area contributed by atoms with E-state index >= 15 is 0 Å². The quantitative estimate of drug-likeness (QED) is 0.366. The molecule has 0 saturated carbocycles. The summed E-state index contributed by atoms with van der Waals surface area (Å²) in [5.41, 5.74) is 0.706. The summed E-state index contributed by atoms with van der Waals surface area (Å²) >= 11 is 7.20. The summed E-state index contributed by atoms with van der Waals surface area (Å²) in [6.45, 7) is 1.85. The number of nitrogens with zero attached hydrogens (tertiary/aromatic N) is 3. The molecule has 0 bridgehead atoms. The second kappa shape index (κ2) is 5.90. The van der Waals surface area contributed by atoms with E-state index in [1.54, 1.807) is 5.38 Å². The lowest BCUT2D eigenvalue weighted by atomic mass is 10.2. The summed E-state index contributed by atoms with van der Waals surface area (Å²) in [7, 11) is 0. The van der Waals surface area contributed by atoms with Gasteiger partial charge in [0.05, 0.1) is 15.6 Å². The van der Waals surface area contributed by atoms with Crippen LogP contribution >= 0.6 is 22.9 Å². The number of ether oxygens (including phenoxy) is 1. The maximum absolute atomic E-state index is 11.9. The summed E-state index contributed by atoms with van der Waals surface area (Å²) in [6, 6.07) is 4.07. The SMILES string of the molecule is Cc1nc(/C=C2\N=C(c3ccc(Cl)c([N+](=O)[O-])c3)OC2=O)cs1. The van der Waals surface area contributed by atoms with Gasteiger partial charge < -0.3 is 4.74 Å². The lowest BCUT2D eigenvalue weighted by Gasteiger charge is -2.00. The number of carbonyl (C=O) groups is 1. The van der Waals surface area contributed by atoms with Gasteiger partial charge in [0.25, 0.3) is 5.69 Å². The van der Waals surface area contributed by atoms with Crippen LogP contribution in [0.15, 0.2) is 34.3 Å². The van der Waals surface area contributed by atoms with Crippen molar-refractivity contribution >= 4 is 46.6 Å². The largest absolute Gasteiger partial charge is 0.402 e. The number of aromatic nitrogens is 1. The number of nitro benzene ring substituents is 1. The zero-order valence-corrected chi connectivity index (χ0v) is 13.2. The number of nitro groups is 1. The molecule has 1 aromatic carbocycles. The minimum absolute atomic E-state index is 0.00242. The standard InChI is InChI=1S/C14H8ClN3O4S/c1-7-16-9(6-23-7)5-11-14(19)22-13(17-11)8-2-3-10(15)12(4-8)18(20)21/h2-6H,1H3/b11-5-. The molecule has 0 amide bonds. The van der Waals surface area contributed by atoms with Gasteiger partial charge in [-0.15, -0.1) is 11.3 Å². The van der Waals surface area contributed by atoms with Crippen LogP contribution in [0.2, 0.25) is 5.02 Å². The van der Waals surface area contributed by atoms with Crippen LogP contribution < -0.4 is 0 Å². The average Bonchev–Trinajstić information content (AvgIpc) is 3.06. The van der Waals surface area contributed by atoms with Gasteiger partial charge in [0, 0.05) is 17.0 Å². The predicted molar refractivity (Wildman–Crippen MR) is 85.6 cm³/mol. The van der Waals surface area contributed by atoms with Crippen molar-refractivity contribution in [2.24, 2.45) is 4.99 Å². The van der Waals surface area contributed by atoms with Gasteiger partial charge in [-0.2, -0.15) is 0 Å². The number of halogens is 1. The van der Waals surface area contributed by atoms with E-state index in [-0.39, 0.29) is 22.3 Å².